The third kappa shape index (κ3) is 6.31. The van der Waals surface area contributed by atoms with E-state index in [-0.39, 0.29) is 0 Å². The lowest BCUT2D eigenvalue weighted by Crippen LogP contribution is -2.10. The molecule has 0 saturated heterocycles. The molecule has 0 aliphatic heterocycles. The molecule has 65 heavy (non-hydrogen) atoms. The molecule has 11 aromatic carbocycles. The lowest BCUT2D eigenvalue weighted by molar-refractivity contribution is 1.18. The molecule has 13 rings (SSSR count). The first-order chi connectivity index (χ1) is 32.2. The molecule has 0 unspecified atom stereocenters. The molecule has 13 aromatic rings. The first-order valence-corrected chi connectivity index (χ1v) is 23.1. The molecule has 0 amide bonds. The second-order valence-electron chi connectivity index (χ2n) is 16.9. The Hall–Kier alpha value is -8.24. The van der Waals surface area contributed by atoms with Gasteiger partial charge >= 0.3 is 0 Å². The standard InChI is InChI=1S/C62H40N2S/c1-2-15-41(16-3-1)44-18-12-21-48(35-44)63(49-22-13-19-45(36-49)46-34-33-43-32-31-42-17-4-5-24-52(42)56(43)38-46)51-39-57(62-58(40-51)55-27-8-11-30-61(55)65-62)47-20-14-23-50(37-47)64-59-28-9-6-25-53(59)54-26-7-10-29-60(54)64/h1-40H. The number of rotatable bonds is 7. The Morgan fingerprint density at radius 3 is 1.62 bits per heavy atom. The van der Waals surface area contributed by atoms with Crippen molar-refractivity contribution < 1.29 is 0 Å². The van der Waals surface area contributed by atoms with Crippen molar-refractivity contribution in [1.82, 2.24) is 4.57 Å². The molecule has 0 fully saturated rings. The summed E-state index contributed by atoms with van der Waals surface area (Å²) in [6, 6.07) is 89.2. The zero-order valence-electron chi connectivity index (χ0n) is 35.4. The second kappa shape index (κ2) is 15.2. The van der Waals surface area contributed by atoms with Gasteiger partial charge in [0.05, 0.1) is 11.0 Å². The summed E-state index contributed by atoms with van der Waals surface area (Å²) >= 11 is 1.88. The van der Waals surface area contributed by atoms with Crippen molar-refractivity contribution in [2.75, 3.05) is 4.90 Å². The lowest BCUT2D eigenvalue weighted by atomic mass is 9.96. The van der Waals surface area contributed by atoms with E-state index in [0.29, 0.717) is 0 Å². The molecular formula is C62H40N2S. The van der Waals surface area contributed by atoms with Gasteiger partial charge in [0, 0.05) is 59.3 Å². The van der Waals surface area contributed by atoms with Gasteiger partial charge in [-0.05, 0) is 122 Å². The molecule has 0 radical (unpaired) electrons. The third-order valence-electron chi connectivity index (χ3n) is 13.1. The van der Waals surface area contributed by atoms with Crippen LogP contribution in [0.15, 0.2) is 243 Å². The fourth-order valence-electron chi connectivity index (χ4n) is 10.1. The van der Waals surface area contributed by atoms with E-state index >= 15 is 0 Å². The summed E-state index contributed by atoms with van der Waals surface area (Å²) in [4.78, 5) is 2.46. The fraction of sp³-hybridized carbons (Fsp3) is 0. The number of benzene rings is 11. The van der Waals surface area contributed by atoms with Crippen LogP contribution in [-0.2, 0) is 0 Å². The van der Waals surface area contributed by atoms with Crippen LogP contribution in [0.1, 0.15) is 0 Å². The molecule has 0 aliphatic carbocycles. The highest BCUT2D eigenvalue weighted by Gasteiger charge is 2.21. The summed E-state index contributed by atoms with van der Waals surface area (Å²) in [6.45, 7) is 0. The van der Waals surface area contributed by atoms with Crippen LogP contribution in [0.2, 0.25) is 0 Å². The van der Waals surface area contributed by atoms with Crippen molar-refractivity contribution in [2.45, 2.75) is 0 Å². The van der Waals surface area contributed by atoms with Crippen LogP contribution < -0.4 is 4.90 Å². The van der Waals surface area contributed by atoms with E-state index in [1.54, 1.807) is 0 Å². The number of nitrogens with zero attached hydrogens (tertiary/aromatic N) is 2. The van der Waals surface area contributed by atoms with Crippen LogP contribution in [0.25, 0.3) is 103 Å². The molecule has 2 aromatic heterocycles. The number of aromatic nitrogens is 1. The number of para-hydroxylation sites is 2. The molecule has 304 valence electrons. The summed E-state index contributed by atoms with van der Waals surface area (Å²) in [5, 5.41) is 10.1. The number of hydrogen-bond donors (Lipinski definition) is 0. The monoisotopic (exact) mass is 844 g/mol. The molecule has 0 N–H and O–H groups in total. The Bertz CT molecular complexity index is 3920. The number of thiophene rings is 1. The van der Waals surface area contributed by atoms with Gasteiger partial charge in [-0.1, -0.05) is 170 Å². The summed E-state index contributed by atoms with van der Waals surface area (Å²) in [7, 11) is 0. The minimum absolute atomic E-state index is 1.09. The van der Waals surface area contributed by atoms with Crippen LogP contribution in [0.3, 0.4) is 0 Å². The van der Waals surface area contributed by atoms with E-state index < -0.39 is 0 Å². The average molecular weight is 845 g/mol. The van der Waals surface area contributed by atoms with Crippen LogP contribution >= 0.6 is 11.3 Å². The third-order valence-corrected chi connectivity index (χ3v) is 14.3. The highest BCUT2D eigenvalue weighted by molar-refractivity contribution is 7.26. The van der Waals surface area contributed by atoms with Crippen molar-refractivity contribution >= 4 is 91.9 Å². The Kier molecular flexibility index (Phi) is 8.75. The van der Waals surface area contributed by atoms with E-state index in [9.17, 15) is 0 Å². The van der Waals surface area contributed by atoms with Gasteiger partial charge in [-0.3, -0.25) is 0 Å². The van der Waals surface area contributed by atoms with Crippen molar-refractivity contribution in [3.63, 3.8) is 0 Å². The molecule has 0 aliphatic rings. The summed E-state index contributed by atoms with van der Waals surface area (Å²) in [5.74, 6) is 0. The number of fused-ring (bicyclic) bond motifs is 9. The first kappa shape index (κ1) is 37.3. The summed E-state index contributed by atoms with van der Waals surface area (Å²) in [6.07, 6.45) is 0. The van der Waals surface area contributed by atoms with Crippen molar-refractivity contribution in [1.29, 1.82) is 0 Å². The second-order valence-corrected chi connectivity index (χ2v) is 18.0. The quantitative estimate of drug-likeness (QED) is 0.145. The minimum Gasteiger partial charge on any atom is -0.310 e. The highest BCUT2D eigenvalue weighted by Crippen LogP contribution is 2.47. The van der Waals surface area contributed by atoms with Crippen LogP contribution in [-0.4, -0.2) is 4.57 Å². The van der Waals surface area contributed by atoms with Gasteiger partial charge in [-0.15, -0.1) is 11.3 Å². The predicted octanol–water partition coefficient (Wildman–Crippen LogP) is 17.9. The van der Waals surface area contributed by atoms with Crippen molar-refractivity contribution in [3.8, 4) is 39.1 Å². The molecular weight excluding hydrogens is 805 g/mol. The van der Waals surface area contributed by atoms with Gasteiger partial charge in [0.15, 0.2) is 0 Å². The van der Waals surface area contributed by atoms with E-state index in [4.69, 9.17) is 0 Å². The molecule has 0 spiro atoms. The van der Waals surface area contributed by atoms with E-state index in [1.165, 1.54) is 96.9 Å². The molecule has 0 atom stereocenters. The molecule has 3 heteroatoms. The Balaban J connectivity index is 1.04. The number of hydrogen-bond acceptors (Lipinski definition) is 2. The first-order valence-electron chi connectivity index (χ1n) is 22.2. The van der Waals surface area contributed by atoms with Crippen LogP contribution in [0, 0.1) is 0 Å². The molecule has 0 bridgehead atoms. The van der Waals surface area contributed by atoms with Gasteiger partial charge < -0.3 is 9.47 Å². The average Bonchev–Trinajstić information content (AvgIpc) is 3.92. The normalized spacial score (nSPS) is 11.7. The molecule has 2 heterocycles. The summed E-state index contributed by atoms with van der Waals surface area (Å²) < 4.78 is 4.98. The summed E-state index contributed by atoms with van der Waals surface area (Å²) in [5.41, 5.74) is 13.9. The Morgan fingerprint density at radius 1 is 0.308 bits per heavy atom. The maximum atomic E-state index is 2.46. The maximum absolute atomic E-state index is 2.46. The van der Waals surface area contributed by atoms with Crippen molar-refractivity contribution in [2.24, 2.45) is 0 Å². The molecule has 0 saturated carbocycles. The van der Waals surface area contributed by atoms with Gasteiger partial charge in [0.25, 0.3) is 0 Å². The smallest absolute Gasteiger partial charge is 0.0541 e. The highest BCUT2D eigenvalue weighted by atomic mass is 32.1. The molecule has 2 nitrogen and oxygen atoms in total. The van der Waals surface area contributed by atoms with Gasteiger partial charge in [0.1, 0.15) is 0 Å². The Morgan fingerprint density at radius 2 is 0.862 bits per heavy atom. The Labute approximate surface area is 381 Å². The zero-order valence-corrected chi connectivity index (χ0v) is 36.2. The predicted molar refractivity (Wildman–Crippen MR) is 280 cm³/mol. The van der Waals surface area contributed by atoms with Gasteiger partial charge in [0.2, 0.25) is 0 Å². The topological polar surface area (TPSA) is 8.17 Å². The number of anilines is 3. The lowest BCUT2D eigenvalue weighted by Gasteiger charge is -2.27. The van der Waals surface area contributed by atoms with E-state index in [1.807, 2.05) is 11.3 Å². The van der Waals surface area contributed by atoms with E-state index in [0.717, 1.165) is 22.7 Å². The fourth-order valence-corrected chi connectivity index (χ4v) is 11.3. The minimum atomic E-state index is 1.09. The van der Waals surface area contributed by atoms with Gasteiger partial charge in [-0.25, -0.2) is 0 Å². The van der Waals surface area contributed by atoms with Gasteiger partial charge in [-0.2, -0.15) is 0 Å². The van der Waals surface area contributed by atoms with Crippen molar-refractivity contribution in [3.05, 3.63) is 243 Å². The van der Waals surface area contributed by atoms with Crippen LogP contribution in [0.4, 0.5) is 17.1 Å². The largest absolute Gasteiger partial charge is 0.310 e. The maximum Gasteiger partial charge on any atom is 0.0541 e. The SMILES string of the molecule is c1ccc(-c2cccc(N(c3cccc(-c4ccc5ccc6ccccc6c5c4)c3)c3cc(-c4cccc(-n5c6ccccc6c6ccccc65)c4)c4sc5ccccc5c4c3)c2)cc1. The zero-order chi connectivity index (χ0) is 42.8. The van der Waals surface area contributed by atoms with Crippen LogP contribution in [0.5, 0.6) is 0 Å². The van der Waals surface area contributed by atoms with E-state index in [2.05, 4.69) is 252 Å².